The SMILES string of the molecule is CN(C)c1cccc(N(C)CC(=O)O)c1. The van der Waals surface area contributed by atoms with Crippen molar-refractivity contribution in [1.29, 1.82) is 0 Å². The molecule has 4 nitrogen and oxygen atoms in total. The molecule has 0 amide bonds. The summed E-state index contributed by atoms with van der Waals surface area (Å²) in [6.45, 7) is 0.0108. The van der Waals surface area contributed by atoms with Crippen molar-refractivity contribution in [2.45, 2.75) is 0 Å². The van der Waals surface area contributed by atoms with Crippen LogP contribution in [-0.2, 0) is 4.79 Å². The molecule has 0 atom stereocenters. The molecule has 0 spiro atoms. The van der Waals surface area contributed by atoms with E-state index in [1.807, 2.05) is 43.3 Å². The Bertz CT molecular complexity index is 350. The molecule has 4 heteroatoms. The van der Waals surface area contributed by atoms with Crippen molar-refractivity contribution >= 4 is 17.3 Å². The van der Waals surface area contributed by atoms with E-state index in [-0.39, 0.29) is 6.54 Å². The summed E-state index contributed by atoms with van der Waals surface area (Å²) in [6, 6.07) is 7.76. The van der Waals surface area contributed by atoms with Crippen LogP contribution in [0.4, 0.5) is 11.4 Å². The number of carboxylic acid groups (broad SMARTS) is 1. The van der Waals surface area contributed by atoms with E-state index in [1.165, 1.54) is 0 Å². The van der Waals surface area contributed by atoms with Gasteiger partial charge >= 0.3 is 5.97 Å². The molecule has 0 saturated heterocycles. The fourth-order valence-electron chi connectivity index (χ4n) is 1.30. The Labute approximate surface area is 89.7 Å². The van der Waals surface area contributed by atoms with E-state index in [1.54, 1.807) is 11.9 Å². The molecular weight excluding hydrogens is 192 g/mol. The molecule has 0 aromatic heterocycles. The summed E-state index contributed by atoms with van der Waals surface area (Å²) in [7, 11) is 5.68. The van der Waals surface area contributed by atoms with Gasteiger partial charge in [0.2, 0.25) is 0 Å². The second-order valence-electron chi connectivity index (χ2n) is 3.66. The number of likely N-dealkylation sites (N-methyl/N-ethyl adjacent to an activating group) is 1. The van der Waals surface area contributed by atoms with Gasteiger partial charge in [0, 0.05) is 32.5 Å². The monoisotopic (exact) mass is 208 g/mol. The van der Waals surface area contributed by atoms with Crippen molar-refractivity contribution in [3.63, 3.8) is 0 Å². The van der Waals surface area contributed by atoms with Crippen LogP contribution in [0.5, 0.6) is 0 Å². The van der Waals surface area contributed by atoms with Gasteiger partial charge in [-0.05, 0) is 18.2 Å². The highest BCUT2D eigenvalue weighted by Crippen LogP contribution is 2.19. The number of anilines is 2. The van der Waals surface area contributed by atoms with Gasteiger partial charge < -0.3 is 14.9 Å². The maximum atomic E-state index is 10.5. The van der Waals surface area contributed by atoms with E-state index in [0.717, 1.165) is 11.4 Å². The Morgan fingerprint density at radius 3 is 2.40 bits per heavy atom. The van der Waals surface area contributed by atoms with E-state index >= 15 is 0 Å². The van der Waals surface area contributed by atoms with Gasteiger partial charge in [-0.25, -0.2) is 0 Å². The zero-order valence-electron chi connectivity index (χ0n) is 9.27. The summed E-state index contributed by atoms with van der Waals surface area (Å²) in [6.07, 6.45) is 0. The van der Waals surface area contributed by atoms with Gasteiger partial charge in [0.25, 0.3) is 0 Å². The van der Waals surface area contributed by atoms with E-state index in [9.17, 15) is 4.79 Å². The number of carboxylic acids is 1. The molecule has 1 aromatic rings. The quantitative estimate of drug-likeness (QED) is 0.809. The highest BCUT2D eigenvalue weighted by molar-refractivity contribution is 5.74. The molecule has 0 aliphatic heterocycles. The number of nitrogens with zero attached hydrogens (tertiary/aromatic N) is 2. The van der Waals surface area contributed by atoms with Gasteiger partial charge in [0.05, 0.1) is 0 Å². The minimum atomic E-state index is -0.826. The molecule has 15 heavy (non-hydrogen) atoms. The van der Waals surface area contributed by atoms with E-state index in [4.69, 9.17) is 5.11 Å². The molecule has 1 N–H and O–H groups in total. The second-order valence-corrected chi connectivity index (χ2v) is 3.66. The van der Waals surface area contributed by atoms with Crippen LogP contribution in [0.25, 0.3) is 0 Å². The highest BCUT2D eigenvalue weighted by Gasteiger charge is 2.06. The van der Waals surface area contributed by atoms with Gasteiger partial charge in [0.15, 0.2) is 0 Å². The van der Waals surface area contributed by atoms with Crippen molar-refractivity contribution in [2.24, 2.45) is 0 Å². The number of rotatable bonds is 4. The van der Waals surface area contributed by atoms with E-state index in [2.05, 4.69) is 0 Å². The smallest absolute Gasteiger partial charge is 0.323 e. The fraction of sp³-hybridized carbons (Fsp3) is 0.364. The summed E-state index contributed by atoms with van der Waals surface area (Å²) >= 11 is 0. The van der Waals surface area contributed by atoms with Crippen LogP contribution in [-0.4, -0.2) is 38.8 Å². The summed E-state index contributed by atoms with van der Waals surface area (Å²) < 4.78 is 0. The Morgan fingerprint density at radius 1 is 1.27 bits per heavy atom. The van der Waals surface area contributed by atoms with Gasteiger partial charge in [0.1, 0.15) is 6.54 Å². The fourth-order valence-corrected chi connectivity index (χ4v) is 1.30. The van der Waals surface area contributed by atoms with Gasteiger partial charge in [-0.1, -0.05) is 6.07 Å². The Morgan fingerprint density at radius 2 is 1.87 bits per heavy atom. The molecule has 0 fully saturated rings. The molecular formula is C11H16N2O2. The molecule has 0 bridgehead atoms. The first-order valence-corrected chi connectivity index (χ1v) is 4.71. The number of carbonyl (C=O) groups is 1. The number of hydrogen-bond acceptors (Lipinski definition) is 3. The Balaban J connectivity index is 2.85. The predicted octanol–water partition coefficient (Wildman–Crippen LogP) is 1.27. The molecule has 1 aromatic carbocycles. The van der Waals surface area contributed by atoms with Crippen LogP contribution < -0.4 is 9.80 Å². The standard InChI is InChI=1S/C11H16N2O2/c1-12(2)9-5-4-6-10(7-9)13(3)8-11(14)15/h4-7H,8H2,1-3H3,(H,14,15). The van der Waals surface area contributed by atoms with Crippen LogP contribution >= 0.6 is 0 Å². The first-order valence-electron chi connectivity index (χ1n) is 4.71. The number of aliphatic carboxylic acids is 1. The average Bonchev–Trinajstić information content (AvgIpc) is 2.17. The van der Waals surface area contributed by atoms with Crippen molar-refractivity contribution in [3.05, 3.63) is 24.3 Å². The lowest BCUT2D eigenvalue weighted by Crippen LogP contribution is -2.25. The van der Waals surface area contributed by atoms with Crippen molar-refractivity contribution in [2.75, 3.05) is 37.5 Å². The van der Waals surface area contributed by atoms with Crippen LogP contribution in [0.2, 0.25) is 0 Å². The maximum Gasteiger partial charge on any atom is 0.323 e. The molecule has 0 saturated carbocycles. The third kappa shape index (κ3) is 3.16. The summed E-state index contributed by atoms with van der Waals surface area (Å²) in [5.74, 6) is -0.826. The third-order valence-corrected chi connectivity index (χ3v) is 2.16. The summed E-state index contributed by atoms with van der Waals surface area (Å²) in [5, 5.41) is 8.67. The average molecular weight is 208 g/mol. The van der Waals surface area contributed by atoms with Gasteiger partial charge in [-0.3, -0.25) is 4.79 Å². The first kappa shape index (κ1) is 11.4. The molecule has 1 rings (SSSR count). The molecule has 82 valence electrons. The van der Waals surface area contributed by atoms with Crippen molar-refractivity contribution < 1.29 is 9.90 Å². The summed E-state index contributed by atoms with van der Waals surface area (Å²) in [4.78, 5) is 14.2. The van der Waals surface area contributed by atoms with Crippen LogP contribution in [0, 0.1) is 0 Å². The van der Waals surface area contributed by atoms with Gasteiger partial charge in [-0.2, -0.15) is 0 Å². The van der Waals surface area contributed by atoms with E-state index in [0.29, 0.717) is 0 Å². The molecule has 0 heterocycles. The third-order valence-electron chi connectivity index (χ3n) is 2.16. The lowest BCUT2D eigenvalue weighted by Gasteiger charge is -2.19. The van der Waals surface area contributed by atoms with Gasteiger partial charge in [-0.15, -0.1) is 0 Å². The topological polar surface area (TPSA) is 43.8 Å². The Hall–Kier alpha value is -1.71. The molecule has 0 radical (unpaired) electrons. The zero-order valence-corrected chi connectivity index (χ0v) is 9.27. The lowest BCUT2D eigenvalue weighted by molar-refractivity contribution is -0.135. The van der Waals surface area contributed by atoms with E-state index < -0.39 is 5.97 Å². The summed E-state index contributed by atoms with van der Waals surface area (Å²) in [5.41, 5.74) is 1.97. The second kappa shape index (κ2) is 4.68. The highest BCUT2D eigenvalue weighted by atomic mass is 16.4. The Kier molecular flexibility index (Phi) is 3.55. The van der Waals surface area contributed by atoms with Crippen LogP contribution in [0.1, 0.15) is 0 Å². The molecule has 0 unspecified atom stereocenters. The number of benzene rings is 1. The van der Waals surface area contributed by atoms with Crippen LogP contribution in [0.15, 0.2) is 24.3 Å². The predicted molar refractivity (Wildman–Crippen MR) is 61.7 cm³/mol. The minimum Gasteiger partial charge on any atom is -0.480 e. The maximum absolute atomic E-state index is 10.5. The van der Waals surface area contributed by atoms with Crippen molar-refractivity contribution in [3.8, 4) is 0 Å². The minimum absolute atomic E-state index is 0.0108. The van der Waals surface area contributed by atoms with Crippen LogP contribution in [0.3, 0.4) is 0 Å². The zero-order chi connectivity index (χ0) is 11.4. The van der Waals surface area contributed by atoms with Crippen molar-refractivity contribution in [1.82, 2.24) is 0 Å². The molecule has 0 aliphatic carbocycles. The first-order chi connectivity index (χ1) is 7.00. The lowest BCUT2D eigenvalue weighted by atomic mass is 10.2. The largest absolute Gasteiger partial charge is 0.480 e. The number of hydrogen-bond donors (Lipinski definition) is 1. The normalized spacial score (nSPS) is 9.80. The molecule has 0 aliphatic rings.